The lowest BCUT2D eigenvalue weighted by molar-refractivity contribution is 0.539. The number of likely N-dealkylation sites (N-methyl/N-ethyl adjacent to an activating group) is 1. The van der Waals surface area contributed by atoms with Crippen molar-refractivity contribution in [1.29, 1.82) is 0 Å². The third-order valence-corrected chi connectivity index (χ3v) is 2.97. The van der Waals surface area contributed by atoms with Gasteiger partial charge in [0, 0.05) is 38.1 Å². The number of pyridine rings is 1. The van der Waals surface area contributed by atoms with E-state index in [-0.39, 0.29) is 6.04 Å². The number of rotatable bonds is 5. The smallest absolute Gasteiger partial charge is 0.0845 e. The Morgan fingerprint density at radius 3 is 2.89 bits per heavy atom. The molecule has 0 amide bonds. The predicted molar refractivity (Wildman–Crippen MR) is 70.1 cm³/mol. The van der Waals surface area contributed by atoms with Gasteiger partial charge in [-0.05, 0) is 30.7 Å². The minimum Gasteiger partial charge on any atom is -0.310 e. The van der Waals surface area contributed by atoms with Crippen molar-refractivity contribution in [3.63, 3.8) is 0 Å². The number of hydrogen-bond acceptors (Lipinski definition) is 4. The Morgan fingerprint density at radius 2 is 2.28 bits per heavy atom. The maximum Gasteiger partial charge on any atom is 0.0845 e. The zero-order valence-corrected chi connectivity index (χ0v) is 11.1. The molecule has 18 heavy (non-hydrogen) atoms. The van der Waals surface area contributed by atoms with Gasteiger partial charge in [-0.2, -0.15) is 0 Å². The molecule has 0 fully saturated rings. The highest BCUT2D eigenvalue weighted by molar-refractivity contribution is 5.26. The average molecular weight is 245 g/mol. The molecule has 0 spiro atoms. The van der Waals surface area contributed by atoms with Crippen LogP contribution in [0.15, 0.2) is 24.7 Å². The van der Waals surface area contributed by atoms with Crippen LogP contribution < -0.4 is 5.32 Å². The molecule has 0 aliphatic rings. The first-order chi connectivity index (χ1) is 8.70. The van der Waals surface area contributed by atoms with Crippen molar-refractivity contribution in [2.75, 3.05) is 6.54 Å². The first kappa shape index (κ1) is 12.7. The molecule has 0 aromatic carbocycles. The number of nitrogens with one attached hydrogen (secondary N) is 1. The largest absolute Gasteiger partial charge is 0.310 e. The molecule has 0 aliphatic heterocycles. The van der Waals surface area contributed by atoms with E-state index in [0.717, 1.165) is 18.7 Å². The van der Waals surface area contributed by atoms with Crippen LogP contribution in [-0.4, -0.2) is 26.5 Å². The second kappa shape index (κ2) is 5.73. The summed E-state index contributed by atoms with van der Waals surface area (Å²) in [6.45, 7) is 5.13. The molecule has 0 saturated heterocycles. The summed E-state index contributed by atoms with van der Waals surface area (Å²) in [4.78, 5) is 4.21. The second-order valence-corrected chi connectivity index (χ2v) is 4.43. The van der Waals surface area contributed by atoms with Crippen molar-refractivity contribution in [1.82, 2.24) is 25.3 Å². The molecule has 1 N–H and O–H groups in total. The van der Waals surface area contributed by atoms with Crippen molar-refractivity contribution in [3.8, 4) is 0 Å². The predicted octanol–water partition coefficient (Wildman–Crippen LogP) is 1.41. The molecule has 2 aromatic heterocycles. The molecule has 0 bridgehead atoms. The minimum absolute atomic E-state index is 0.236. The van der Waals surface area contributed by atoms with Crippen LogP contribution in [0.3, 0.4) is 0 Å². The summed E-state index contributed by atoms with van der Waals surface area (Å²) in [5.74, 6) is 0. The van der Waals surface area contributed by atoms with Gasteiger partial charge in [-0.25, -0.2) is 0 Å². The number of hydrogen-bond donors (Lipinski definition) is 1. The van der Waals surface area contributed by atoms with Crippen molar-refractivity contribution >= 4 is 0 Å². The van der Waals surface area contributed by atoms with Gasteiger partial charge in [0.2, 0.25) is 0 Å². The van der Waals surface area contributed by atoms with Crippen molar-refractivity contribution in [2.24, 2.45) is 7.05 Å². The van der Waals surface area contributed by atoms with E-state index in [4.69, 9.17) is 0 Å². The molecule has 96 valence electrons. The highest BCUT2D eigenvalue weighted by atomic mass is 15.4. The van der Waals surface area contributed by atoms with Gasteiger partial charge in [-0.15, -0.1) is 5.10 Å². The van der Waals surface area contributed by atoms with Gasteiger partial charge in [0.15, 0.2) is 0 Å². The summed E-state index contributed by atoms with van der Waals surface area (Å²) in [6.07, 6.45) is 6.54. The molecule has 1 atom stereocenters. The van der Waals surface area contributed by atoms with Crippen LogP contribution in [0, 0.1) is 6.92 Å². The number of aromatic nitrogens is 4. The first-order valence-electron chi connectivity index (χ1n) is 6.19. The highest BCUT2D eigenvalue weighted by Crippen LogP contribution is 2.19. The fraction of sp³-hybridized carbons (Fsp3) is 0.462. The monoisotopic (exact) mass is 245 g/mol. The lowest BCUT2D eigenvalue weighted by Crippen LogP contribution is -2.24. The summed E-state index contributed by atoms with van der Waals surface area (Å²) in [7, 11) is 1.88. The highest BCUT2D eigenvalue weighted by Gasteiger charge is 2.15. The minimum atomic E-state index is 0.236. The average Bonchev–Trinajstić information content (AvgIpc) is 2.75. The van der Waals surface area contributed by atoms with Crippen molar-refractivity contribution in [2.45, 2.75) is 26.3 Å². The molecule has 0 radical (unpaired) electrons. The topological polar surface area (TPSA) is 55.6 Å². The number of nitrogens with zero attached hydrogens (tertiary/aromatic N) is 4. The van der Waals surface area contributed by atoms with Gasteiger partial charge in [0.1, 0.15) is 0 Å². The Morgan fingerprint density at radius 1 is 1.44 bits per heavy atom. The van der Waals surface area contributed by atoms with Crippen LogP contribution in [0.4, 0.5) is 0 Å². The molecule has 5 heteroatoms. The van der Waals surface area contributed by atoms with Gasteiger partial charge >= 0.3 is 0 Å². The maximum atomic E-state index is 4.21. The van der Waals surface area contributed by atoms with Gasteiger partial charge in [0.25, 0.3) is 0 Å². The summed E-state index contributed by atoms with van der Waals surface area (Å²) in [6, 6.07) is 2.27. The Hall–Kier alpha value is -1.75. The van der Waals surface area contributed by atoms with Crippen LogP contribution in [0.2, 0.25) is 0 Å². The normalized spacial score (nSPS) is 12.6. The maximum absolute atomic E-state index is 4.21. The van der Waals surface area contributed by atoms with Crippen LogP contribution >= 0.6 is 0 Å². The lowest BCUT2D eigenvalue weighted by atomic mass is 10.00. The third-order valence-electron chi connectivity index (χ3n) is 2.97. The Bertz CT molecular complexity index is 506. The summed E-state index contributed by atoms with van der Waals surface area (Å²) in [5, 5.41) is 11.6. The molecule has 2 heterocycles. The molecule has 1 unspecified atom stereocenters. The molecule has 5 nitrogen and oxygen atoms in total. The van der Waals surface area contributed by atoms with E-state index in [0.29, 0.717) is 0 Å². The van der Waals surface area contributed by atoms with Gasteiger partial charge in [-0.1, -0.05) is 12.1 Å². The van der Waals surface area contributed by atoms with Crippen molar-refractivity contribution in [3.05, 3.63) is 41.5 Å². The van der Waals surface area contributed by atoms with Crippen LogP contribution in [0.1, 0.15) is 29.8 Å². The quantitative estimate of drug-likeness (QED) is 0.865. The van der Waals surface area contributed by atoms with E-state index in [1.807, 2.05) is 31.7 Å². The Balaban J connectivity index is 2.20. The molecule has 0 aliphatic carbocycles. The fourth-order valence-corrected chi connectivity index (χ4v) is 2.08. The SMILES string of the molecule is CCNC(Cc1cn(C)nn1)c1cnccc1C. The summed E-state index contributed by atoms with van der Waals surface area (Å²) >= 11 is 0. The van der Waals surface area contributed by atoms with Gasteiger partial charge in [-0.3, -0.25) is 9.67 Å². The zero-order valence-electron chi connectivity index (χ0n) is 11.1. The van der Waals surface area contributed by atoms with Crippen LogP contribution in [-0.2, 0) is 13.5 Å². The summed E-state index contributed by atoms with van der Waals surface area (Å²) < 4.78 is 1.73. The van der Waals surface area contributed by atoms with Crippen LogP contribution in [0.25, 0.3) is 0 Å². The fourth-order valence-electron chi connectivity index (χ4n) is 2.08. The Labute approximate surface area is 107 Å². The second-order valence-electron chi connectivity index (χ2n) is 4.43. The Kier molecular flexibility index (Phi) is 4.04. The van der Waals surface area contributed by atoms with E-state index in [1.165, 1.54) is 11.1 Å². The summed E-state index contributed by atoms with van der Waals surface area (Å²) in [5.41, 5.74) is 3.47. The van der Waals surface area contributed by atoms with Gasteiger partial charge in [0.05, 0.1) is 5.69 Å². The third kappa shape index (κ3) is 2.92. The van der Waals surface area contributed by atoms with E-state index >= 15 is 0 Å². The molecular weight excluding hydrogens is 226 g/mol. The van der Waals surface area contributed by atoms with Crippen molar-refractivity contribution < 1.29 is 0 Å². The van der Waals surface area contributed by atoms with E-state index in [9.17, 15) is 0 Å². The lowest BCUT2D eigenvalue weighted by Gasteiger charge is -2.18. The molecule has 2 rings (SSSR count). The van der Waals surface area contributed by atoms with Crippen LogP contribution in [0.5, 0.6) is 0 Å². The standard InChI is InChI=1S/C13H19N5/c1-4-15-13(7-11-9-18(3)17-16-11)12-8-14-6-5-10(12)2/h5-6,8-9,13,15H,4,7H2,1-3H3. The first-order valence-corrected chi connectivity index (χ1v) is 6.19. The van der Waals surface area contributed by atoms with E-state index < -0.39 is 0 Å². The molecular formula is C13H19N5. The number of aryl methyl sites for hydroxylation is 2. The molecule has 0 saturated carbocycles. The van der Waals surface area contributed by atoms with E-state index in [2.05, 4.69) is 34.5 Å². The zero-order chi connectivity index (χ0) is 13.0. The van der Waals surface area contributed by atoms with Gasteiger partial charge < -0.3 is 5.32 Å². The molecule has 2 aromatic rings. The van der Waals surface area contributed by atoms with E-state index in [1.54, 1.807) is 4.68 Å².